The molecule has 1 aromatic carbocycles. The smallest absolute Gasteiger partial charge is 0.213 e. The Morgan fingerprint density at radius 1 is 1.17 bits per heavy atom. The fourth-order valence-electron chi connectivity index (χ4n) is 2.85. The third-order valence-corrected chi connectivity index (χ3v) is 8.14. The molecule has 1 aliphatic heterocycles. The summed E-state index contributed by atoms with van der Waals surface area (Å²) in [5, 5.41) is 0. The lowest BCUT2D eigenvalue weighted by molar-refractivity contribution is 0.239. The molecule has 0 atom stereocenters. The third kappa shape index (κ3) is 3.18. The summed E-state index contributed by atoms with van der Waals surface area (Å²) >= 11 is 0.981. The number of sulfonamides is 2. The average Bonchev–Trinajstić information content (AvgIpc) is 3.01. The number of hydrogen-bond donors (Lipinski definition) is 0. The van der Waals surface area contributed by atoms with Crippen molar-refractivity contribution in [2.45, 2.75) is 23.8 Å². The van der Waals surface area contributed by atoms with Gasteiger partial charge in [-0.2, -0.15) is 13.1 Å². The highest BCUT2D eigenvalue weighted by Crippen LogP contribution is 2.27. The van der Waals surface area contributed by atoms with Crippen LogP contribution in [0.4, 0.5) is 0 Å². The van der Waals surface area contributed by atoms with Gasteiger partial charge in [-0.25, -0.2) is 21.1 Å². The van der Waals surface area contributed by atoms with Crippen molar-refractivity contribution in [1.82, 2.24) is 17.4 Å². The first-order chi connectivity index (χ1) is 11.2. The van der Waals surface area contributed by atoms with E-state index in [0.29, 0.717) is 23.9 Å². The molecular weight excluding hydrogens is 372 g/mol. The predicted octanol–water partition coefficient (Wildman–Crippen LogP) is 0.736. The highest BCUT2D eigenvalue weighted by molar-refractivity contribution is 7.89. The molecule has 2 aromatic rings. The monoisotopic (exact) mass is 390 g/mol. The van der Waals surface area contributed by atoms with Gasteiger partial charge in [0, 0.05) is 26.2 Å². The first-order valence-corrected chi connectivity index (χ1v) is 11.4. The van der Waals surface area contributed by atoms with Crippen LogP contribution in [-0.2, 0) is 20.0 Å². The lowest BCUT2D eigenvalue weighted by Crippen LogP contribution is -2.46. The van der Waals surface area contributed by atoms with Gasteiger partial charge in [-0.15, -0.1) is 0 Å². The van der Waals surface area contributed by atoms with Crippen molar-refractivity contribution < 1.29 is 16.8 Å². The SMILES string of the molecule is CN(C1CCN(S(=O)(=O)c2cccc3nsnc23)CC1)S(C)(=O)=O. The van der Waals surface area contributed by atoms with Crippen LogP contribution < -0.4 is 0 Å². The van der Waals surface area contributed by atoms with Crippen molar-refractivity contribution in [3.63, 3.8) is 0 Å². The number of fused-ring (bicyclic) bond motifs is 1. The van der Waals surface area contributed by atoms with Crippen molar-refractivity contribution in [3.8, 4) is 0 Å². The number of piperidine rings is 1. The molecule has 24 heavy (non-hydrogen) atoms. The molecule has 0 saturated carbocycles. The Balaban J connectivity index is 1.82. The molecule has 11 heteroatoms. The van der Waals surface area contributed by atoms with Crippen LogP contribution in [0.25, 0.3) is 11.0 Å². The summed E-state index contributed by atoms with van der Waals surface area (Å²) < 4.78 is 59.9. The summed E-state index contributed by atoms with van der Waals surface area (Å²) in [5.41, 5.74) is 0.950. The zero-order valence-electron chi connectivity index (χ0n) is 13.3. The Labute approximate surface area is 145 Å². The van der Waals surface area contributed by atoms with Crippen LogP contribution in [0.1, 0.15) is 12.8 Å². The normalized spacial score (nSPS) is 18.5. The van der Waals surface area contributed by atoms with E-state index in [0.717, 1.165) is 18.0 Å². The van der Waals surface area contributed by atoms with Crippen molar-refractivity contribution in [2.24, 2.45) is 0 Å². The molecule has 2 heterocycles. The highest BCUT2D eigenvalue weighted by atomic mass is 32.2. The largest absolute Gasteiger partial charge is 0.245 e. The van der Waals surface area contributed by atoms with Crippen LogP contribution in [0, 0.1) is 0 Å². The summed E-state index contributed by atoms with van der Waals surface area (Å²) in [4.78, 5) is 0.156. The second-order valence-electron chi connectivity index (χ2n) is 5.80. The molecule has 0 bridgehead atoms. The minimum absolute atomic E-state index is 0.156. The van der Waals surface area contributed by atoms with Gasteiger partial charge >= 0.3 is 0 Å². The second-order valence-corrected chi connectivity index (χ2v) is 10.3. The van der Waals surface area contributed by atoms with Crippen LogP contribution in [0.5, 0.6) is 0 Å². The molecule has 0 spiro atoms. The van der Waals surface area contributed by atoms with E-state index < -0.39 is 20.0 Å². The molecule has 0 amide bonds. The quantitative estimate of drug-likeness (QED) is 0.763. The zero-order valence-corrected chi connectivity index (χ0v) is 15.7. The van der Waals surface area contributed by atoms with E-state index in [1.54, 1.807) is 12.1 Å². The van der Waals surface area contributed by atoms with Crippen molar-refractivity contribution in [1.29, 1.82) is 0 Å². The van der Waals surface area contributed by atoms with Crippen molar-refractivity contribution >= 4 is 42.8 Å². The molecule has 1 aromatic heterocycles. The molecule has 1 saturated heterocycles. The summed E-state index contributed by atoms with van der Waals surface area (Å²) in [5.74, 6) is 0. The lowest BCUT2D eigenvalue weighted by atomic mass is 10.1. The van der Waals surface area contributed by atoms with Gasteiger partial charge in [-0.05, 0) is 25.0 Å². The summed E-state index contributed by atoms with van der Waals surface area (Å²) in [6, 6.07) is 4.74. The van der Waals surface area contributed by atoms with Crippen molar-refractivity contribution in [2.75, 3.05) is 26.4 Å². The Bertz CT molecular complexity index is 947. The maximum absolute atomic E-state index is 12.9. The Morgan fingerprint density at radius 2 is 1.83 bits per heavy atom. The number of benzene rings is 1. The van der Waals surface area contributed by atoms with E-state index in [9.17, 15) is 16.8 Å². The van der Waals surface area contributed by atoms with Crippen molar-refractivity contribution in [3.05, 3.63) is 18.2 Å². The Kier molecular flexibility index (Phi) is 4.64. The summed E-state index contributed by atoms with van der Waals surface area (Å²) in [6.45, 7) is 0.557. The van der Waals surface area contributed by atoms with E-state index in [1.165, 1.54) is 21.7 Å². The summed E-state index contributed by atoms with van der Waals surface area (Å²) in [6.07, 6.45) is 2.09. The van der Waals surface area contributed by atoms with E-state index >= 15 is 0 Å². The first kappa shape index (κ1) is 17.7. The molecule has 0 unspecified atom stereocenters. The van der Waals surface area contributed by atoms with Gasteiger partial charge < -0.3 is 0 Å². The number of aromatic nitrogens is 2. The minimum atomic E-state index is -3.67. The molecule has 8 nitrogen and oxygen atoms in total. The number of nitrogens with zero attached hydrogens (tertiary/aromatic N) is 4. The first-order valence-electron chi connectivity index (χ1n) is 7.35. The molecule has 1 aliphatic rings. The van der Waals surface area contributed by atoms with Crippen LogP contribution in [0.3, 0.4) is 0 Å². The molecule has 132 valence electrons. The van der Waals surface area contributed by atoms with Crippen LogP contribution in [0.15, 0.2) is 23.1 Å². The average molecular weight is 391 g/mol. The van der Waals surface area contributed by atoms with Crippen LogP contribution in [-0.4, -0.2) is 66.6 Å². The molecule has 3 rings (SSSR count). The summed E-state index contributed by atoms with van der Waals surface area (Å²) in [7, 11) is -5.42. The Morgan fingerprint density at radius 3 is 2.46 bits per heavy atom. The van der Waals surface area contributed by atoms with Gasteiger partial charge in [-0.3, -0.25) is 0 Å². The Hall–Kier alpha value is -1.14. The lowest BCUT2D eigenvalue weighted by Gasteiger charge is -2.34. The molecule has 0 radical (unpaired) electrons. The topological polar surface area (TPSA) is 101 Å². The third-order valence-electron chi connectivity index (χ3n) is 4.33. The van der Waals surface area contributed by atoms with E-state index in [4.69, 9.17) is 0 Å². The molecule has 1 fully saturated rings. The minimum Gasteiger partial charge on any atom is -0.213 e. The van der Waals surface area contributed by atoms with Gasteiger partial charge in [0.25, 0.3) is 0 Å². The molecule has 0 aliphatic carbocycles. The van der Waals surface area contributed by atoms with Gasteiger partial charge in [0.1, 0.15) is 15.9 Å². The fraction of sp³-hybridized carbons (Fsp3) is 0.538. The van der Waals surface area contributed by atoms with Crippen LogP contribution >= 0.6 is 11.7 Å². The standard InChI is InChI=1S/C13H18N4O4S3/c1-16(23(2,18)19)10-6-8-17(9-7-10)24(20,21)12-5-3-4-11-13(12)15-22-14-11/h3-5,10H,6-9H2,1-2H3. The van der Waals surface area contributed by atoms with Gasteiger partial charge in [0.15, 0.2) is 0 Å². The van der Waals surface area contributed by atoms with Gasteiger partial charge in [0.05, 0.1) is 18.0 Å². The number of rotatable bonds is 4. The van der Waals surface area contributed by atoms with Crippen LogP contribution in [0.2, 0.25) is 0 Å². The molecule has 0 N–H and O–H groups in total. The van der Waals surface area contributed by atoms with E-state index in [2.05, 4.69) is 8.75 Å². The highest BCUT2D eigenvalue weighted by Gasteiger charge is 2.34. The van der Waals surface area contributed by atoms with Gasteiger partial charge in [0.2, 0.25) is 20.0 Å². The predicted molar refractivity (Wildman–Crippen MR) is 91.8 cm³/mol. The maximum atomic E-state index is 12.9. The maximum Gasteiger partial charge on any atom is 0.245 e. The fourth-order valence-corrected chi connectivity index (χ4v) is 5.82. The molecular formula is C13H18N4O4S3. The van der Waals surface area contributed by atoms with E-state index in [-0.39, 0.29) is 24.0 Å². The number of hydrogen-bond acceptors (Lipinski definition) is 7. The van der Waals surface area contributed by atoms with Gasteiger partial charge in [-0.1, -0.05) is 6.07 Å². The zero-order chi connectivity index (χ0) is 17.5. The second kappa shape index (κ2) is 6.30. The van der Waals surface area contributed by atoms with E-state index in [1.807, 2.05) is 0 Å².